The minimum atomic E-state index is -1.53. The number of amides is 3. The summed E-state index contributed by atoms with van der Waals surface area (Å²) >= 11 is 1.43. The predicted molar refractivity (Wildman–Crippen MR) is 113 cm³/mol. The summed E-state index contributed by atoms with van der Waals surface area (Å²) < 4.78 is 0. The van der Waals surface area contributed by atoms with Crippen LogP contribution in [-0.4, -0.2) is 87.9 Å². The molecule has 0 saturated carbocycles. The fourth-order valence-electron chi connectivity index (χ4n) is 2.45. The molecule has 0 aromatic rings. The third kappa shape index (κ3) is 9.28. The third-order valence-corrected chi connectivity index (χ3v) is 5.26. The summed E-state index contributed by atoms with van der Waals surface area (Å²) in [5.74, 6) is -3.30. The number of carboxylic acids is 1. The molecule has 12 heteroatoms. The highest BCUT2D eigenvalue weighted by Gasteiger charge is 2.33. The first kappa shape index (κ1) is 28.1. The molecule has 174 valence electrons. The zero-order valence-electron chi connectivity index (χ0n) is 17.8. The molecule has 0 radical (unpaired) electrons. The molecule has 0 spiro atoms. The minimum Gasteiger partial charge on any atom is -0.480 e. The lowest BCUT2D eigenvalue weighted by atomic mass is 9.97. The highest BCUT2D eigenvalue weighted by molar-refractivity contribution is 7.98. The Bertz CT molecular complexity index is 591. The van der Waals surface area contributed by atoms with Crippen molar-refractivity contribution in [3.63, 3.8) is 0 Å². The van der Waals surface area contributed by atoms with Crippen molar-refractivity contribution in [2.45, 2.75) is 63.9 Å². The molecular formula is C18H34N4O7S. The Hall–Kier alpha value is -1.89. The van der Waals surface area contributed by atoms with Crippen LogP contribution >= 0.6 is 11.8 Å². The van der Waals surface area contributed by atoms with Crippen LogP contribution in [0.4, 0.5) is 0 Å². The molecule has 6 unspecified atom stereocenters. The van der Waals surface area contributed by atoms with Gasteiger partial charge in [0.05, 0.1) is 12.7 Å². The Kier molecular flexibility index (Phi) is 13.3. The molecule has 0 heterocycles. The van der Waals surface area contributed by atoms with Crippen LogP contribution in [0.1, 0.15) is 33.6 Å². The number of thioether (sulfide) groups is 1. The van der Waals surface area contributed by atoms with Crippen molar-refractivity contribution in [1.29, 1.82) is 0 Å². The highest BCUT2D eigenvalue weighted by atomic mass is 32.2. The normalized spacial score (nSPS) is 17.0. The monoisotopic (exact) mass is 450 g/mol. The Morgan fingerprint density at radius 2 is 1.57 bits per heavy atom. The highest BCUT2D eigenvalue weighted by Crippen LogP contribution is 2.10. The smallest absolute Gasteiger partial charge is 0.328 e. The maximum Gasteiger partial charge on any atom is 0.328 e. The van der Waals surface area contributed by atoms with Gasteiger partial charge in [0.2, 0.25) is 17.7 Å². The van der Waals surface area contributed by atoms with Crippen molar-refractivity contribution in [1.82, 2.24) is 16.0 Å². The summed E-state index contributed by atoms with van der Waals surface area (Å²) in [6, 6.07) is -4.79. The largest absolute Gasteiger partial charge is 0.480 e. The average molecular weight is 451 g/mol. The molecule has 0 aliphatic rings. The lowest BCUT2D eigenvalue weighted by molar-refractivity contribution is -0.145. The first-order valence-corrected chi connectivity index (χ1v) is 11.1. The second-order valence-corrected chi connectivity index (χ2v) is 8.05. The van der Waals surface area contributed by atoms with Crippen LogP contribution in [-0.2, 0) is 19.2 Å². The number of aliphatic carboxylic acids is 1. The summed E-state index contributed by atoms with van der Waals surface area (Å²) in [6.45, 7) is 4.20. The topological polar surface area (TPSA) is 191 Å². The molecule has 0 saturated heterocycles. The maximum atomic E-state index is 12.8. The van der Waals surface area contributed by atoms with Crippen LogP contribution in [0, 0.1) is 5.92 Å². The van der Waals surface area contributed by atoms with Gasteiger partial charge in [0, 0.05) is 0 Å². The van der Waals surface area contributed by atoms with E-state index in [4.69, 9.17) is 15.9 Å². The van der Waals surface area contributed by atoms with E-state index >= 15 is 0 Å². The Morgan fingerprint density at radius 1 is 1.00 bits per heavy atom. The van der Waals surface area contributed by atoms with Gasteiger partial charge in [-0.25, -0.2) is 4.79 Å². The van der Waals surface area contributed by atoms with Gasteiger partial charge in [0.1, 0.15) is 18.1 Å². The molecule has 0 aromatic heterocycles. The van der Waals surface area contributed by atoms with E-state index in [0.29, 0.717) is 12.2 Å². The predicted octanol–water partition coefficient (Wildman–Crippen LogP) is -1.97. The zero-order valence-corrected chi connectivity index (χ0v) is 18.6. The molecular weight excluding hydrogens is 416 g/mol. The lowest BCUT2D eigenvalue weighted by Crippen LogP contribution is -2.59. The molecule has 3 amide bonds. The van der Waals surface area contributed by atoms with Gasteiger partial charge in [-0.2, -0.15) is 11.8 Å². The van der Waals surface area contributed by atoms with Gasteiger partial charge >= 0.3 is 5.97 Å². The number of hydrogen-bond acceptors (Lipinski definition) is 8. The van der Waals surface area contributed by atoms with E-state index in [2.05, 4.69) is 16.0 Å². The molecule has 11 nitrogen and oxygen atoms in total. The summed E-state index contributed by atoms with van der Waals surface area (Å²) in [4.78, 5) is 48.7. The first-order chi connectivity index (χ1) is 14.0. The molecule has 6 atom stereocenters. The molecule has 0 aromatic carbocycles. The van der Waals surface area contributed by atoms with Crippen molar-refractivity contribution in [2.75, 3.05) is 18.6 Å². The minimum absolute atomic E-state index is 0.211. The molecule has 0 bridgehead atoms. The summed E-state index contributed by atoms with van der Waals surface area (Å²) in [6.07, 6.45) is 1.22. The number of hydrogen-bond donors (Lipinski definition) is 7. The number of carboxylic acid groups (broad SMARTS) is 1. The fourth-order valence-corrected chi connectivity index (χ4v) is 2.93. The zero-order chi connectivity index (χ0) is 23.4. The van der Waals surface area contributed by atoms with E-state index < -0.39 is 60.6 Å². The standard InChI is InChI=1S/C18H34N4O7S/c1-5-9(2)13(21-15(25)11(19)8-23)17(27)20-12(6-7-30-4)16(26)22-14(10(3)24)18(28)29/h9-14,23-24H,5-8,19H2,1-4H3,(H,20,27)(H,21,25)(H,22,26)(H,28,29). The number of aliphatic hydroxyl groups is 2. The van der Waals surface area contributed by atoms with Crippen molar-refractivity contribution < 1.29 is 34.5 Å². The first-order valence-electron chi connectivity index (χ1n) is 9.67. The van der Waals surface area contributed by atoms with Crippen LogP contribution in [0.15, 0.2) is 0 Å². The van der Waals surface area contributed by atoms with E-state index in [1.807, 2.05) is 13.2 Å². The van der Waals surface area contributed by atoms with Gasteiger partial charge < -0.3 is 37.0 Å². The van der Waals surface area contributed by atoms with Gasteiger partial charge in [0.15, 0.2) is 6.04 Å². The van der Waals surface area contributed by atoms with Gasteiger partial charge in [-0.1, -0.05) is 20.3 Å². The van der Waals surface area contributed by atoms with Crippen LogP contribution in [0.5, 0.6) is 0 Å². The average Bonchev–Trinajstić information content (AvgIpc) is 2.70. The van der Waals surface area contributed by atoms with Crippen molar-refractivity contribution >= 4 is 35.5 Å². The van der Waals surface area contributed by atoms with Crippen LogP contribution < -0.4 is 21.7 Å². The number of nitrogens with two attached hydrogens (primary N) is 1. The fraction of sp³-hybridized carbons (Fsp3) is 0.778. The molecule has 0 aliphatic carbocycles. The molecule has 8 N–H and O–H groups in total. The second-order valence-electron chi connectivity index (χ2n) is 7.07. The summed E-state index contributed by atoms with van der Waals surface area (Å²) in [5.41, 5.74) is 5.49. The van der Waals surface area contributed by atoms with E-state index in [1.54, 1.807) is 6.92 Å². The summed E-state index contributed by atoms with van der Waals surface area (Å²) in [7, 11) is 0. The van der Waals surface area contributed by atoms with Crippen LogP contribution in [0.2, 0.25) is 0 Å². The van der Waals surface area contributed by atoms with Gasteiger partial charge in [-0.15, -0.1) is 0 Å². The molecule has 30 heavy (non-hydrogen) atoms. The van der Waals surface area contributed by atoms with Gasteiger partial charge in [-0.05, 0) is 31.3 Å². The van der Waals surface area contributed by atoms with Crippen molar-refractivity contribution in [2.24, 2.45) is 11.7 Å². The van der Waals surface area contributed by atoms with Crippen molar-refractivity contribution in [3.8, 4) is 0 Å². The van der Waals surface area contributed by atoms with Gasteiger partial charge in [0.25, 0.3) is 0 Å². The van der Waals surface area contributed by atoms with Gasteiger partial charge in [-0.3, -0.25) is 14.4 Å². The number of nitrogens with one attached hydrogen (secondary N) is 3. The van der Waals surface area contributed by atoms with E-state index in [9.17, 15) is 24.3 Å². The number of rotatable bonds is 14. The number of carbonyl (C=O) groups excluding carboxylic acids is 3. The quantitative estimate of drug-likeness (QED) is 0.157. The second kappa shape index (κ2) is 14.2. The van der Waals surface area contributed by atoms with Crippen LogP contribution in [0.3, 0.4) is 0 Å². The molecule has 0 rings (SSSR count). The van der Waals surface area contributed by atoms with Crippen LogP contribution in [0.25, 0.3) is 0 Å². The Morgan fingerprint density at radius 3 is 2.00 bits per heavy atom. The van der Waals surface area contributed by atoms with Crippen molar-refractivity contribution in [3.05, 3.63) is 0 Å². The Labute approximate surface area is 180 Å². The Balaban J connectivity index is 5.46. The maximum absolute atomic E-state index is 12.8. The molecule has 0 aliphatic heterocycles. The SMILES string of the molecule is CCC(C)C(NC(=O)C(N)CO)C(=O)NC(CCSC)C(=O)NC(C(=O)O)C(C)O. The lowest BCUT2D eigenvalue weighted by Gasteiger charge is -2.28. The number of carbonyl (C=O) groups is 4. The van der Waals surface area contributed by atoms with E-state index in [0.717, 1.165) is 0 Å². The van der Waals surface area contributed by atoms with E-state index in [1.165, 1.54) is 18.7 Å². The molecule has 0 fully saturated rings. The van der Waals surface area contributed by atoms with E-state index in [-0.39, 0.29) is 12.3 Å². The number of aliphatic hydroxyl groups excluding tert-OH is 2. The summed E-state index contributed by atoms with van der Waals surface area (Å²) in [5, 5.41) is 35.0. The third-order valence-electron chi connectivity index (χ3n) is 4.62.